The Kier molecular flexibility index (Phi) is 7.09. The zero-order chi connectivity index (χ0) is 19.1. The summed E-state index contributed by atoms with van der Waals surface area (Å²) in [7, 11) is 5.28. The van der Waals surface area contributed by atoms with Crippen molar-refractivity contribution in [1.82, 2.24) is 4.90 Å². The fraction of sp³-hybridized carbons (Fsp3) is 0.368. The second kappa shape index (κ2) is 9.29. The van der Waals surface area contributed by atoms with Gasteiger partial charge in [0.15, 0.2) is 11.5 Å². The number of esters is 1. The van der Waals surface area contributed by atoms with Crippen LogP contribution >= 0.6 is 11.6 Å². The first-order valence-electron chi connectivity index (χ1n) is 8.22. The lowest BCUT2D eigenvalue weighted by atomic mass is 10.0. The van der Waals surface area contributed by atoms with Crippen LogP contribution in [0.5, 0.6) is 11.5 Å². The molecule has 2 aromatic rings. The lowest BCUT2D eigenvalue weighted by Crippen LogP contribution is -2.08. The normalized spacial score (nSPS) is 11.0. The Morgan fingerprint density at radius 1 is 1.19 bits per heavy atom. The predicted octanol–water partition coefficient (Wildman–Crippen LogP) is 3.86. The van der Waals surface area contributed by atoms with Crippen LogP contribution in [0.4, 0.5) is 5.69 Å². The molecule has 0 amide bonds. The first kappa shape index (κ1) is 19.8. The van der Waals surface area contributed by atoms with Gasteiger partial charge in [-0.05, 0) is 42.0 Å². The second-order valence-corrected chi connectivity index (χ2v) is 6.06. The van der Waals surface area contributed by atoms with E-state index in [0.29, 0.717) is 41.8 Å². The lowest BCUT2D eigenvalue weighted by Gasteiger charge is -2.13. The quantitative estimate of drug-likeness (QED) is 0.302. The lowest BCUT2D eigenvalue weighted by molar-refractivity contribution is 0.0527. The molecule has 0 aromatic heterocycles. The molecule has 0 fully saturated rings. The van der Waals surface area contributed by atoms with Crippen molar-refractivity contribution in [3.63, 3.8) is 0 Å². The number of aliphatic imine (C=N–C) groups is 1. The summed E-state index contributed by atoms with van der Waals surface area (Å²) < 4.78 is 16.2. The van der Waals surface area contributed by atoms with Gasteiger partial charge in [-0.3, -0.25) is 0 Å². The number of carbonyl (C=O) groups excluding carboxylic acids is 1. The molecular weight excluding hydrogens is 356 g/mol. The van der Waals surface area contributed by atoms with E-state index in [0.717, 1.165) is 10.8 Å². The Hall–Kier alpha value is -2.47. The van der Waals surface area contributed by atoms with Gasteiger partial charge in [0.2, 0.25) is 0 Å². The van der Waals surface area contributed by atoms with Crippen LogP contribution in [-0.2, 0) is 4.74 Å². The molecule has 0 unspecified atom stereocenters. The zero-order valence-electron chi connectivity index (χ0n) is 15.4. The van der Waals surface area contributed by atoms with Crippen LogP contribution in [0.25, 0.3) is 10.8 Å². The molecule has 0 saturated carbocycles. The van der Waals surface area contributed by atoms with Crippen LogP contribution in [0.1, 0.15) is 17.3 Å². The van der Waals surface area contributed by atoms with E-state index in [9.17, 15) is 4.79 Å². The Labute approximate surface area is 158 Å². The van der Waals surface area contributed by atoms with Gasteiger partial charge in [0.05, 0.1) is 37.2 Å². The maximum Gasteiger partial charge on any atom is 0.340 e. The van der Waals surface area contributed by atoms with Gasteiger partial charge >= 0.3 is 5.97 Å². The maximum atomic E-state index is 12.3. The largest absolute Gasteiger partial charge is 0.493 e. The third kappa shape index (κ3) is 4.79. The van der Waals surface area contributed by atoms with E-state index < -0.39 is 5.97 Å². The average molecular weight is 379 g/mol. The minimum atomic E-state index is -0.415. The highest BCUT2D eigenvalue weighted by Gasteiger charge is 2.16. The van der Waals surface area contributed by atoms with Crippen molar-refractivity contribution in [2.24, 2.45) is 4.99 Å². The fourth-order valence-corrected chi connectivity index (χ4v) is 2.45. The number of rotatable bonds is 8. The average Bonchev–Trinajstić information content (AvgIpc) is 2.63. The molecule has 0 N–H and O–H groups in total. The molecule has 0 heterocycles. The van der Waals surface area contributed by atoms with E-state index in [1.807, 2.05) is 32.3 Å². The Morgan fingerprint density at radius 3 is 2.50 bits per heavy atom. The predicted molar refractivity (Wildman–Crippen MR) is 105 cm³/mol. The monoisotopic (exact) mass is 378 g/mol. The van der Waals surface area contributed by atoms with Gasteiger partial charge in [0.1, 0.15) is 6.61 Å². The van der Waals surface area contributed by atoms with Gasteiger partial charge in [0, 0.05) is 14.1 Å². The van der Waals surface area contributed by atoms with Crippen molar-refractivity contribution < 1.29 is 19.0 Å². The number of carbonyl (C=O) groups is 1. The second-order valence-electron chi connectivity index (χ2n) is 5.69. The van der Waals surface area contributed by atoms with Crippen LogP contribution in [0.15, 0.2) is 29.3 Å². The number of alkyl halides is 1. The van der Waals surface area contributed by atoms with Crippen molar-refractivity contribution in [1.29, 1.82) is 0 Å². The summed E-state index contributed by atoms with van der Waals surface area (Å²) in [6, 6.07) is 7.25. The Balaban J connectivity index is 2.61. The molecular formula is C19H23ClN2O4. The van der Waals surface area contributed by atoms with Crippen LogP contribution in [0.3, 0.4) is 0 Å². The highest BCUT2D eigenvalue weighted by Crippen LogP contribution is 2.36. The number of methoxy groups -OCH3 is 1. The smallest absolute Gasteiger partial charge is 0.340 e. The summed E-state index contributed by atoms with van der Waals surface area (Å²) in [5.41, 5.74) is 0.923. The van der Waals surface area contributed by atoms with Crippen LogP contribution < -0.4 is 9.47 Å². The SMILES string of the molecule is CCOC(=O)c1cc2cc(OC)c(OCCCl)cc2cc1N=CN(C)C. The number of hydrogen-bond acceptors (Lipinski definition) is 5. The van der Waals surface area contributed by atoms with Gasteiger partial charge in [0.25, 0.3) is 0 Å². The fourth-order valence-electron chi connectivity index (χ4n) is 2.37. The summed E-state index contributed by atoms with van der Waals surface area (Å²) in [5.74, 6) is 1.12. The molecule has 0 aliphatic carbocycles. The van der Waals surface area contributed by atoms with Crippen LogP contribution in [-0.4, -0.2) is 57.5 Å². The van der Waals surface area contributed by atoms with Gasteiger partial charge in [-0.15, -0.1) is 11.6 Å². The van der Waals surface area contributed by atoms with E-state index in [2.05, 4.69) is 4.99 Å². The number of halogens is 1. The molecule has 0 radical (unpaired) electrons. The van der Waals surface area contributed by atoms with Gasteiger partial charge < -0.3 is 19.1 Å². The summed E-state index contributed by atoms with van der Waals surface area (Å²) >= 11 is 5.71. The summed E-state index contributed by atoms with van der Waals surface area (Å²) in [4.78, 5) is 18.5. The van der Waals surface area contributed by atoms with E-state index in [1.165, 1.54) is 0 Å². The first-order chi connectivity index (χ1) is 12.5. The molecule has 0 aliphatic heterocycles. The summed E-state index contributed by atoms with van der Waals surface area (Å²) in [6.07, 6.45) is 1.64. The van der Waals surface area contributed by atoms with Crippen molar-refractivity contribution in [2.75, 3.05) is 40.3 Å². The minimum Gasteiger partial charge on any atom is -0.493 e. The van der Waals surface area contributed by atoms with Crippen LogP contribution in [0.2, 0.25) is 0 Å². The highest BCUT2D eigenvalue weighted by molar-refractivity contribution is 6.18. The maximum absolute atomic E-state index is 12.3. The summed E-state index contributed by atoms with van der Waals surface area (Å²) in [5, 5.41) is 1.70. The first-order valence-corrected chi connectivity index (χ1v) is 8.75. The molecule has 0 saturated heterocycles. The molecule has 140 valence electrons. The van der Waals surface area contributed by atoms with E-state index in [4.69, 9.17) is 25.8 Å². The molecule has 26 heavy (non-hydrogen) atoms. The van der Waals surface area contributed by atoms with Gasteiger partial charge in [-0.25, -0.2) is 9.79 Å². The number of hydrogen-bond donors (Lipinski definition) is 0. The molecule has 0 spiro atoms. The molecule has 0 bridgehead atoms. The zero-order valence-corrected chi connectivity index (χ0v) is 16.2. The van der Waals surface area contributed by atoms with Crippen LogP contribution in [0, 0.1) is 0 Å². The molecule has 2 aromatic carbocycles. The van der Waals surface area contributed by atoms with Gasteiger partial charge in [-0.2, -0.15) is 0 Å². The third-order valence-electron chi connectivity index (χ3n) is 3.50. The Bertz CT molecular complexity index is 806. The third-order valence-corrected chi connectivity index (χ3v) is 3.65. The van der Waals surface area contributed by atoms with E-state index >= 15 is 0 Å². The van der Waals surface area contributed by atoms with Gasteiger partial charge in [-0.1, -0.05) is 0 Å². The summed E-state index contributed by atoms with van der Waals surface area (Å²) in [6.45, 7) is 2.43. The number of nitrogens with zero attached hydrogens (tertiary/aromatic N) is 2. The molecule has 2 rings (SSSR count). The molecule has 6 nitrogen and oxygen atoms in total. The highest BCUT2D eigenvalue weighted by atomic mass is 35.5. The van der Waals surface area contributed by atoms with Crippen molar-refractivity contribution in [3.05, 3.63) is 29.8 Å². The molecule has 7 heteroatoms. The molecule has 0 aliphatic rings. The number of fused-ring (bicyclic) bond motifs is 1. The topological polar surface area (TPSA) is 60.4 Å². The van der Waals surface area contributed by atoms with E-state index in [1.54, 1.807) is 31.3 Å². The standard InChI is InChI=1S/C19H23ClN2O4/c1-5-25-19(23)15-8-13-10-17(24-4)18(26-7-6-20)11-14(13)9-16(15)21-12-22(2)3/h8-12H,5-7H2,1-4H3. The number of benzene rings is 2. The number of ether oxygens (including phenoxy) is 3. The Morgan fingerprint density at radius 2 is 1.88 bits per heavy atom. The minimum absolute atomic E-state index is 0.294. The van der Waals surface area contributed by atoms with Crippen molar-refractivity contribution >= 4 is 40.4 Å². The molecule has 0 atom stereocenters. The van der Waals surface area contributed by atoms with E-state index in [-0.39, 0.29) is 0 Å². The van der Waals surface area contributed by atoms with Crippen molar-refractivity contribution in [2.45, 2.75) is 6.92 Å². The van der Waals surface area contributed by atoms with Crippen molar-refractivity contribution in [3.8, 4) is 11.5 Å².